The second-order valence-corrected chi connectivity index (χ2v) is 6.91. The highest BCUT2D eigenvalue weighted by atomic mass is 16.7. The third-order valence-corrected chi connectivity index (χ3v) is 3.73. The molecule has 0 aromatic carbocycles. The fourth-order valence-corrected chi connectivity index (χ4v) is 2.32. The van der Waals surface area contributed by atoms with Crippen molar-refractivity contribution in [2.24, 2.45) is 5.92 Å². The number of hydrogen-bond acceptors (Lipinski definition) is 5. The van der Waals surface area contributed by atoms with Gasteiger partial charge in [-0.15, -0.1) is 0 Å². The lowest BCUT2D eigenvalue weighted by Gasteiger charge is -2.26. The zero-order chi connectivity index (χ0) is 17.7. The van der Waals surface area contributed by atoms with Crippen LogP contribution in [0.3, 0.4) is 0 Å². The van der Waals surface area contributed by atoms with Crippen LogP contribution in [0.15, 0.2) is 0 Å². The number of hydroxylamine groups is 2. The lowest BCUT2D eigenvalue weighted by atomic mass is 10.2. The van der Waals surface area contributed by atoms with E-state index in [0.29, 0.717) is 19.6 Å². The van der Waals surface area contributed by atoms with Crippen molar-refractivity contribution in [3.05, 3.63) is 0 Å². The first-order valence-corrected chi connectivity index (χ1v) is 8.07. The van der Waals surface area contributed by atoms with E-state index >= 15 is 0 Å². The first-order valence-electron chi connectivity index (χ1n) is 8.07. The van der Waals surface area contributed by atoms with Gasteiger partial charge in [0.1, 0.15) is 11.1 Å². The van der Waals surface area contributed by atoms with Crippen LogP contribution in [0.25, 0.3) is 0 Å². The molecule has 134 valence electrons. The average Bonchev–Trinajstić information content (AvgIpc) is 3.13. The van der Waals surface area contributed by atoms with Gasteiger partial charge in [0.05, 0.1) is 13.7 Å². The molecule has 7 nitrogen and oxygen atoms in total. The number of ether oxygens (including phenoxy) is 2. The van der Waals surface area contributed by atoms with Crippen molar-refractivity contribution >= 4 is 12.0 Å². The Morgan fingerprint density at radius 3 is 2.52 bits per heavy atom. The van der Waals surface area contributed by atoms with E-state index in [9.17, 15) is 9.59 Å². The van der Waals surface area contributed by atoms with Gasteiger partial charge in [0.15, 0.2) is 0 Å². The van der Waals surface area contributed by atoms with Crippen molar-refractivity contribution in [3.8, 4) is 0 Å². The maximum Gasteiger partial charge on any atom is 0.408 e. The van der Waals surface area contributed by atoms with Gasteiger partial charge < -0.3 is 14.8 Å². The lowest BCUT2D eigenvalue weighted by molar-refractivity contribution is -0.173. The summed E-state index contributed by atoms with van der Waals surface area (Å²) in [7, 11) is 2.93. The van der Waals surface area contributed by atoms with Gasteiger partial charge in [-0.05, 0) is 33.6 Å². The molecule has 0 unspecified atom stereocenters. The van der Waals surface area contributed by atoms with E-state index in [1.807, 2.05) is 0 Å². The van der Waals surface area contributed by atoms with Crippen LogP contribution in [0.4, 0.5) is 4.79 Å². The number of unbranched alkanes of at least 4 members (excludes halogenated alkanes) is 1. The number of nitrogens with zero attached hydrogens (tertiary/aromatic N) is 1. The van der Waals surface area contributed by atoms with E-state index in [4.69, 9.17) is 14.3 Å². The van der Waals surface area contributed by atoms with Crippen molar-refractivity contribution in [1.29, 1.82) is 0 Å². The summed E-state index contributed by atoms with van der Waals surface area (Å²) in [6.45, 7) is 8.51. The molecule has 0 bridgehead atoms. The van der Waals surface area contributed by atoms with Crippen LogP contribution in [0.2, 0.25) is 0 Å². The normalized spacial score (nSPS) is 23.3. The molecule has 23 heavy (non-hydrogen) atoms. The number of likely N-dealkylation sites (N-methyl/N-ethyl adjacent to an activating group) is 1. The Morgan fingerprint density at radius 2 is 2.00 bits per heavy atom. The molecule has 1 aliphatic rings. The summed E-state index contributed by atoms with van der Waals surface area (Å²) in [6.07, 6.45) is 1.94. The van der Waals surface area contributed by atoms with E-state index in [1.165, 1.54) is 14.2 Å². The topological polar surface area (TPSA) is 77.1 Å². The number of nitrogens with one attached hydrogen (secondary N) is 1. The summed E-state index contributed by atoms with van der Waals surface area (Å²) in [4.78, 5) is 29.6. The number of hydrogen-bond donors (Lipinski definition) is 1. The minimum atomic E-state index is -1.00. The molecule has 2 atom stereocenters. The summed E-state index contributed by atoms with van der Waals surface area (Å²) in [5.74, 6) is -0.369. The molecule has 0 saturated heterocycles. The second kappa shape index (κ2) is 7.97. The fraction of sp³-hybridized carbons (Fsp3) is 0.875. The molecule has 0 heterocycles. The molecular formula is C16H30N2O5. The first-order chi connectivity index (χ1) is 10.7. The van der Waals surface area contributed by atoms with Gasteiger partial charge in [-0.2, -0.15) is 0 Å². The van der Waals surface area contributed by atoms with E-state index in [-0.39, 0.29) is 11.8 Å². The van der Waals surface area contributed by atoms with Crippen molar-refractivity contribution in [2.45, 2.75) is 58.1 Å². The van der Waals surface area contributed by atoms with E-state index in [2.05, 4.69) is 12.2 Å². The van der Waals surface area contributed by atoms with Crippen LogP contribution in [0.5, 0.6) is 0 Å². The summed E-state index contributed by atoms with van der Waals surface area (Å²) in [5, 5.41) is 3.85. The molecule has 0 aromatic heterocycles. The smallest absolute Gasteiger partial charge is 0.408 e. The van der Waals surface area contributed by atoms with Crippen LogP contribution in [-0.2, 0) is 19.1 Å². The SMILES string of the molecule is CCCCOC[C@@H]1C[C@@]1(NC(=O)OC(C)(C)C)C(=O)N(C)OC. The summed E-state index contributed by atoms with van der Waals surface area (Å²) in [5.41, 5.74) is -1.62. The fourth-order valence-electron chi connectivity index (χ4n) is 2.32. The Balaban J connectivity index is 2.69. The predicted molar refractivity (Wildman–Crippen MR) is 85.7 cm³/mol. The molecule has 1 saturated carbocycles. The van der Waals surface area contributed by atoms with Gasteiger partial charge >= 0.3 is 6.09 Å². The molecular weight excluding hydrogens is 300 g/mol. The monoisotopic (exact) mass is 330 g/mol. The lowest BCUT2D eigenvalue weighted by Crippen LogP contribution is -2.52. The molecule has 1 rings (SSSR count). The van der Waals surface area contributed by atoms with Crippen molar-refractivity contribution in [1.82, 2.24) is 10.4 Å². The molecule has 0 aromatic rings. The minimum Gasteiger partial charge on any atom is -0.444 e. The quantitative estimate of drug-likeness (QED) is 0.545. The minimum absolute atomic E-state index is 0.0722. The zero-order valence-corrected chi connectivity index (χ0v) is 15.1. The standard InChI is InChI=1S/C16H30N2O5/c1-7-8-9-22-11-12-10-16(12,13(19)18(5)21-6)17-14(20)23-15(2,3)4/h12H,7-11H2,1-6H3,(H,17,20)/t12-,16-/m0/s1. The predicted octanol–water partition coefficient (Wildman–Crippen LogP) is 2.11. The first kappa shape index (κ1) is 19.7. The van der Waals surface area contributed by atoms with Gasteiger partial charge in [-0.3, -0.25) is 9.63 Å². The Hall–Kier alpha value is -1.34. The van der Waals surface area contributed by atoms with E-state index in [0.717, 1.165) is 17.9 Å². The summed E-state index contributed by atoms with van der Waals surface area (Å²) < 4.78 is 10.9. The third kappa shape index (κ3) is 5.66. The van der Waals surface area contributed by atoms with E-state index in [1.54, 1.807) is 20.8 Å². The second-order valence-electron chi connectivity index (χ2n) is 6.91. The van der Waals surface area contributed by atoms with Crippen LogP contribution in [-0.4, -0.2) is 55.6 Å². The molecule has 1 aliphatic carbocycles. The van der Waals surface area contributed by atoms with Gasteiger partial charge in [0, 0.05) is 19.6 Å². The molecule has 1 N–H and O–H groups in total. The van der Waals surface area contributed by atoms with Crippen LogP contribution in [0.1, 0.15) is 47.0 Å². The van der Waals surface area contributed by atoms with Crippen LogP contribution in [0, 0.1) is 5.92 Å². The molecule has 0 spiro atoms. The van der Waals surface area contributed by atoms with Crippen LogP contribution >= 0.6 is 0 Å². The molecule has 2 amide bonds. The van der Waals surface area contributed by atoms with Crippen molar-refractivity contribution in [2.75, 3.05) is 27.4 Å². The van der Waals surface area contributed by atoms with Gasteiger partial charge in [-0.1, -0.05) is 13.3 Å². The Bertz CT molecular complexity index is 421. The number of carbonyl (C=O) groups is 2. The molecule has 7 heteroatoms. The number of amides is 2. The zero-order valence-electron chi connectivity index (χ0n) is 15.1. The number of carbonyl (C=O) groups excluding carboxylic acids is 2. The van der Waals surface area contributed by atoms with Gasteiger partial charge in [0.2, 0.25) is 0 Å². The highest BCUT2D eigenvalue weighted by Crippen LogP contribution is 2.45. The largest absolute Gasteiger partial charge is 0.444 e. The van der Waals surface area contributed by atoms with Gasteiger partial charge in [0.25, 0.3) is 5.91 Å². The average molecular weight is 330 g/mol. The highest BCUT2D eigenvalue weighted by molar-refractivity contribution is 5.93. The Kier molecular flexibility index (Phi) is 6.83. The van der Waals surface area contributed by atoms with Gasteiger partial charge in [-0.25, -0.2) is 9.86 Å². The summed E-state index contributed by atoms with van der Waals surface area (Å²) in [6, 6.07) is 0. The third-order valence-electron chi connectivity index (χ3n) is 3.73. The Labute approximate surface area is 138 Å². The Morgan fingerprint density at radius 1 is 1.35 bits per heavy atom. The maximum atomic E-state index is 12.5. The molecule has 1 fully saturated rings. The van der Waals surface area contributed by atoms with Crippen LogP contribution < -0.4 is 5.32 Å². The summed E-state index contributed by atoms with van der Waals surface area (Å²) >= 11 is 0. The van der Waals surface area contributed by atoms with E-state index < -0.39 is 17.2 Å². The number of rotatable bonds is 8. The number of alkyl carbamates (subject to hydrolysis) is 1. The highest BCUT2D eigenvalue weighted by Gasteiger charge is 2.63. The molecule has 0 radical (unpaired) electrons. The van der Waals surface area contributed by atoms with Crippen molar-refractivity contribution in [3.63, 3.8) is 0 Å². The molecule has 0 aliphatic heterocycles. The van der Waals surface area contributed by atoms with Crippen molar-refractivity contribution < 1.29 is 23.9 Å². The maximum absolute atomic E-state index is 12.5.